The summed E-state index contributed by atoms with van der Waals surface area (Å²) in [5, 5.41) is 3.03. The number of carbonyl (C=O) groups is 1. The summed E-state index contributed by atoms with van der Waals surface area (Å²) in [7, 11) is -2.20. The number of nitrogens with zero attached hydrogens (tertiary/aromatic N) is 2. The van der Waals surface area contributed by atoms with Gasteiger partial charge in [-0.15, -0.1) is 0 Å². The molecular weight excluding hydrogens is 430 g/mol. The summed E-state index contributed by atoms with van der Waals surface area (Å²) in [6, 6.07) is 5.34. The van der Waals surface area contributed by atoms with E-state index >= 15 is 0 Å². The van der Waals surface area contributed by atoms with Crippen molar-refractivity contribution >= 4 is 15.9 Å². The first-order chi connectivity index (χ1) is 15.3. The molecule has 0 saturated carbocycles. The summed E-state index contributed by atoms with van der Waals surface area (Å²) in [5.41, 5.74) is 0.954. The number of methoxy groups -OCH3 is 1. The van der Waals surface area contributed by atoms with E-state index < -0.39 is 10.0 Å². The van der Waals surface area contributed by atoms with Crippen molar-refractivity contribution < 1.29 is 22.7 Å². The molecule has 1 aromatic carbocycles. The second-order valence-corrected chi connectivity index (χ2v) is 10.7. The molecule has 0 unspecified atom stereocenters. The Balaban J connectivity index is 1.51. The average molecular weight is 468 g/mol. The van der Waals surface area contributed by atoms with Gasteiger partial charge in [0, 0.05) is 38.6 Å². The molecule has 0 radical (unpaired) electrons. The molecule has 1 N–H and O–H groups in total. The van der Waals surface area contributed by atoms with Crippen LogP contribution in [0.3, 0.4) is 0 Å². The molecule has 9 heteroatoms. The lowest BCUT2D eigenvalue weighted by Crippen LogP contribution is -2.43. The van der Waals surface area contributed by atoms with Crippen LogP contribution in [-0.2, 0) is 19.6 Å². The van der Waals surface area contributed by atoms with Crippen LogP contribution in [0, 0.1) is 5.92 Å². The van der Waals surface area contributed by atoms with E-state index in [1.807, 2.05) is 19.9 Å². The first-order valence-electron chi connectivity index (χ1n) is 11.6. The van der Waals surface area contributed by atoms with Gasteiger partial charge >= 0.3 is 0 Å². The van der Waals surface area contributed by atoms with Crippen LogP contribution in [0.1, 0.15) is 44.6 Å². The van der Waals surface area contributed by atoms with Crippen molar-refractivity contribution in [3.63, 3.8) is 0 Å². The fourth-order valence-corrected chi connectivity index (χ4v) is 5.90. The van der Waals surface area contributed by atoms with E-state index in [-0.39, 0.29) is 22.6 Å². The standard InChI is InChI=1S/C23H37N3O5S/c1-18(2)20-5-6-21(30-3)22(17-20)32(28,29)26-11-7-19(8-12-26)23(27)24-9-4-10-25-13-15-31-16-14-25/h5-6,17-19H,4,7-16H2,1-3H3,(H,24,27). The van der Waals surface area contributed by atoms with E-state index in [1.54, 1.807) is 12.1 Å². The van der Waals surface area contributed by atoms with Crippen molar-refractivity contribution in [2.24, 2.45) is 5.92 Å². The third-order valence-electron chi connectivity index (χ3n) is 6.35. The van der Waals surface area contributed by atoms with Gasteiger partial charge in [-0.05, 0) is 49.4 Å². The van der Waals surface area contributed by atoms with Crippen LogP contribution in [-0.4, -0.2) is 83.1 Å². The fourth-order valence-electron chi connectivity index (χ4n) is 4.23. The van der Waals surface area contributed by atoms with Crippen LogP contribution in [0.4, 0.5) is 0 Å². The number of benzene rings is 1. The van der Waals surface area contributed by atoms with Gasteiger partial charge in [0.15, 0.2) is 0 Å². The van der Waals surface area contributed by atoms with Gasteiger partial charge in [0.1, 0.15) is 10.6 Å². The monoisotopic (exact) mass is 467 g/mol. The predicted octanol–water partition coefficient (Wildman–Crippen LogP) is 2.06. The summed E-state index contributed by atoms with van der Waals surface area (Å²) in [6.45, 7) is 9.80. The molecule has 2 aliphatic rings. The van der Waals surface area contributed by atoms with Gasteiger partial charge in [0.05, 0.1) is 20.3 Å². The van der Waals surface area contributed by atoms with Crippen molar-refractivity contribution in [3.05, 3.63) is 23.8 Å². The number of hydrogen-bond donors (Lipinski definition) is 1. The highest BCUT2D eigenvalue weighted by Crippen LogP contribution is 2.32. The van der Waals surface area contributed by atoms with Gasteiger partial charge in [0.25, 0.3) is 0 Å². The number of morpholine rings is 1. The first-order valence-corrected chi connectivity index (χ1v) is 13.0. The van der Waals surface area contributed by atoms with E-state index in [0.717, 1.165) is 44.8 Å². The Kier molecular flexibility index (Phi) is 8.93. The van der Waals surface area contributed by atoms with E-state index in [4.69, 9.17) is 9.47 Å². The topological polar surface area (TPSA) is 88.2 Å². The number of amides is 1. The Hall–Kier alpha value is -1.68. The highest BCUT2D eigenvalue weighted by molar-refractivity contribution is 7.89. The van der Waals surface area contributed by atoms with Crippen LogP contribution in [0.25, 0.3) is 0 Å². The fraction of sp³-hybridized carbons (Fsp3) is 0.696. The van der Waals surface area contributed by atoms with Crippen molar-refractivity contribution in [3.8, 4) is 5.75 Å². The van der Waals surface area contributed by atoms with Crippen molar-refractivity contribution in [2.45, 2.75) is 43.9 Å². The quantitative estimate of drug-likeness (QED) is 0.560. The molecule has 0 spiro atoms. The van der Waals surface area contributed by atoms with Crippen LogP contribution in [0.2, 0.25) is 0 Å². The number of piperidine rings is 1. The molecule has 32 heavy (non-hydrogen) atoms. The molecule has 0 bridgehead atoms. The second-order valence-electron chi connectivity index (χ2n) is 8.84. The Labute approximate surface area is 192 Å². The first kappa shape index (κ1) is 25.0. The highest BCUT2D eigenvalue weighted by atomic mass is 32.2. The maximum absolute atomic E-state index is 13.3. The average Bonchev–Trinajstić information content (AvgIpc) is 2.82. The van der Waals surface area contributed by atoms with Crippen LogP contribution >= 0.6 is 0 Å². The normalized spacial score (nSPS) is 19.2. The number of nitrogens with one attached hydrogen (secondary N) is 1. The maximum atomic E-state index is 13.3. The lowest BCUT2D eigenvalue weighted by Gasteiger charge is -2.31. The molecule has 8 nitrogen and oxygen atoms in total. The molecule has 0 aromatic heterocycles. The molecule has 0 aliphatic carbocycles. The largest absolute Gasteiger partial charge is 0.495 e. The van der Waals surface area contributed by atoms with Crippen LogP contribution < -0.4 is 10.1 Å². The Morgan fingerprint density at radius 3 is 2.50 bits per heavy atom. The van der Waals surface area contributed by atoms with Gasteiger partial charge in [-0.25, -0.2) is 8.42 Å². The number of carbonyl (C=O) groups excluding carboxylic acids is 1. The molecule has 2 aliphatic heterocycles. The predicted molar refractivity (Wildman–Crippen MR) is 123 cm³/mol. The van der Waals surface area contributed by atoms with E-state index in [1.165, 1.54) is 11.4 Å². The molecular formula is C23H37N3O5S. The van der Waals surface area contributed by atoms with Gasteiger partial charge in [-0.3, -0.25) is 9.69 Å². The minimum absolute atomic E-state index is 0.0309. The van der Waals surface area contributed by atoms with Crippen molar-refractivity contribution in [1.29, 1.82) is 0 Å². The second kappa shape index (κ2) is 11.4. The molecule has 0 atom stereocenters. The molecule has 2 heterocycles. The summed E-state index contributed by atoms with van der Waals surface area (Å²) in [6.07, 6.45) is 1.96. The Morgan fingerprint density at radius 1 is 1.19 bits per heavy atom. The summed E-state index contributed by atoms with van der Waals surface area (Å²) >= 11 is 0. The van der Waals surface area contributed by atoms with Crippen molar-refractivity contribution in [2.75, 3.05) is 59.6 Å². The lowest BCUT2D eigenvalue weighted by atomic mass is 9.97. The third-order valence-corrected chi connectivity index (χ3v) is 8.27. The van der Waals surface area contributed by atoms with E-state index in [9.17, 15) is 13.2 Å². The summed E-state index contributed by atoms with van der Waals surface area (Å²) in [4.78, 5) is 15.1. The van der Waals surface area contributed by atoms with E-state index in [2.05, 4.69) is 10.2 Å². The van der Waals surface area contributed by atoms with Gasteiger partial charge in [-0.1, -0.05) is 19.9 Å². The molecule has 180 valence electrons. The zero-order valence-corrected chi connectivity index (χ0v) is 20.3. The lowest BCUT2D eigenvalue weighted by molar-refractivity contribution is -0.126. The SMILES string of the molecule is COc1ccc(C(C)C)cc1S(=O)(=O)N1CCC(C(=O)NCCCN2CCOCC2)CC1. The van der Waals surface area contributed by atoms with Gasteiger partial charge < -0.3 is 14.8 Å². The minimum atomic E-state index is -3.68. The van der Waals surface area contributed by atoms with E-state index in [0.29, 0.717) is 38.2 Å². The number of ether oxygens (including phenoxy) is 2. The van der Waals surface area contributed by atoms with Gasteiger partial charge in [0.2, 0.25) is 15.9 Å². The minimum Gasteiger partial charge on any atom is -0.495 e. The summed E-state index contributed by atoms with van der Waals surface area (Å²) in [5.74, 6) is 0.458. The van der Waals surface area contributed by atoms with Crippen molar-refractivity contribution in [1.82, 2.24) is 14.5 Å². The highest BCUT2D eigenvalue weighted by Gasteiger charge is 2.34. The third kappa shape index (κ3) is 6.21. The maximum Gasteiger partial charge on any atom is 0.246 e. The number of hydrogen-bond acceptors (Lipinski definition) is 6. The Morgan fingerprint density at radius 2 is 1.88 bits per heavy atom. The zero-order valence-electron chi connectivity index (χ0n) is 19.5. The molecule has 2 saturated heterocycles. The van der Waals surface area contributed by atoms with Crippen LogP contribution in [0.5, 0.6) is 5.75 Å². The van der Waals surface area contributed by atoms with Crippen LogP contribution in [0.15, 0.2) is 23.1 Å². The number of rotatable bonds is 9. The molecule has 1 amide bonds. The van der Waals surface area contributed by atoms with Gasteiger partial charge in [-0.2, -0.15) is 4.31 Å². The molecule has 1 aromatic rings. The number of sulfonamides is 1. The molecule has 2 fully saturated rings. The molecule has 3 rings (SSSR count). The smallest absolute Gasteiger partial charge is 0.246 e. The Bertz CT molecular complexity index is 860. The summed E-state index contributed by atoms with van der Waals surface area (Å²) < 4.78 is 38.8. The zero-order chi connectivity index (χ0) is 23.1.